The molecule has 0 unspecified atom stereocenters. The Balaban J connectivity index is 1.58. The fourth-order valence-electron chi connectivity index (χ4n) is 4.12. The Hall–Kier alpha value is -3.41. The van der Waals surface area contributed by atoms with Crippen LogP contribution in [0, 0.1) is 12.3 Å². The molecule has 6 heteroatoms. The van der Waals surface area contributed by atoms with Crippen LogP contribution in [0.4, 0.5) is 5.95 Å². The number of nitrogens with zero attached hydrogens (tertiary/aromatic N) is 4. The number of aromatic nitrogens is 3. The molecule has 1 fully saturated rings. The first kappa shape index (κ1) is 19.9. The number of anilines is 1. The van der Waals surface area contributed by atoms with E-state index in [1.807, 2.05) is 26.1 Å². The van der Waals surface area contributed by atoms with E-state index >= 15 is 0 Å². The summed E-state index contributed by atoms with van der Waals surface area (Å²) in [6, 6.07) is 12.5. The highest BCUT2D eigenvalue weighted by molar-refractivity contribution is 6.14. The molecule has 1 aliphatic rings. The summed E-state index contributed by atoms with van der Waals surface area (Å²) in [4.78, 5) is 17.1. The molecular weight excluding hydrogens is 372 g/mol. The zero-order chi connectivity index (χ0) is 21.1. The number of hydrogen-bond acceptors (Lipinski definition) is 6. The van der Waals surface area contributed by atoms with E-state index in [1.54, 1.807) is 18.6 Å². The molecule has 6 nitrogen and oxygen atoms in total. The normalized spacial score (nSPS) is 15.5. The van der Waals surface area contributed by atoms with Gasteiger partial charge in [0.15, 0.2) is 0 Å². The predicted molar refractivity (Wildman–Crippen MR) is 121 cm³/mol. The summed E-state index contributed by atoms with van der Waals surface area (Å²) in [6.07, 6.45) is 9.09. The Bertz CT molecular complexity index is 1060. The molecule has 0 saturated heterocycles. The maximum absolute atomic E-state index is 8.59. The van der Waals surface area contributed by atoms with Crippen LogP contribution in [0.5, 0.6) is 0 Å². The van der Waals surface area contributed by atoms with Gasteiger partial charge in [-0.3, -0.25) is 9.98 Å². The molecule has 0 spiro atoms. The van der Waals surface area contributed by atoms with Gasteiger partial charge >= 0.3 is 0 Å². The van der Waals surface area contributed by atoms with Crippen LogP contribution in [0.15, 0.2) is 60.0 Å². The van der Waals surface area contributed by atoms with Crippen LogP contribution in [0.25, 0.3) is 11.1 Å². The topological polar surface area (TPSA) is 101 Å². The number of aliphatic imine (C=N–C) groups is 1. The van der Waals surface area contributed by atoms with Crippen molar-refractivity contribution < 1.29 is 0 Å². The third kappa shape index (κ3) is 3.73. The van der Waals surface area contributed by atoms with Crippen LogP contribution in [0.1, 0.15) is 42.5 Å². The summed E-state index contributed by atoms with van der Waals surface area (Å²) in [7, 11) is 1.84. The zero-order valence-corrected chi connectivity index (χ0v) is 17.4. The molecule has 0 amide bonds. The van der Waals surface area contributed by atoms with Crippen molar-refractivity contribution in [2.24, 2.45) is 4.99 Å². The molecule has 2 heterocycles. The van der Waals surface area contributed by atoms with Gasteiger partial charge in [0.2, 0.25) is 5.95 Å². The van der Waals surface area contributed by atoms with E-state index in [2.05, 4.69) is 44.2 Å². The van der Waals surface area contributed by atoms with Crippen molar-refractivity contribution in [3.63, 3.8) is 0 Å². The third-order valence-corrected chi connectivity index (χ3v) is 6.08. The average molecular weight is 399 g/mol. The van der Waals surface area contributed by atoms with Gasteiger partial charge in [0, 0.05) is 65.7 Å². The Kier molecular flexibility index (Phi) is 5.40. The number of rotatable bonds is 6. The fourth-order valence-corrected chi connectivity index (χ4v) is 4.12. The first-order chi connectivity index (χ1) is 14.5. The highest BCUT2D eigenvalue weighted by Crippen LogP contribution is 2.46. The largest absolute Gasteiger partial charge is 0.368 e. The van der Waals surface area contributed by atoms with Crippen LogP contribution in [-0.4, -0.2) is 33.4 Å². The van der Waals surface area contributed by atoms with Gasteiger partial charge in [-0.05, 0) is 43.0 Å². The number of pyridine rings is 1. The third-order valence-electron chi connectivity index (χ3n) is 6.08. The van der Waals surface area contributed by atoms with Gasteiger partial charge < -0.3 is 11.1 Å². The second kappa shape index (κ2) is 8.14. The van der Waals surface area contributed by atoms with Crippen molar-refractivity contribution in [1.29, 1.82) is 5.41 Å². The van der Waals surface area contributed by atoms with E-state index < -0.39 is 0 Å². The molecule has 4 rings (SSSR count). The van der Waals surface area contributed by atoms with Crippen molar-refractivity contribution >= 4 is 17.4 Å². The van der Waals surface area contributed by atoms with Crippen molar-refractivity contribution in [1.82, 2.24) is 15.0 Å². The standard InChI is InChI=1S/C24H26N6/c1-16-4-5-18(13-28-16)21(25)12-22(27-2)24(10-3-11-24)20-8-6-17(7-9-20)19-14-29-23(26)30-15-19/h4-9,13-15,25H,3,10-12H2,1-2H3,(H2,26,29,30). The summed E-state index contributed by atoms with van der Waals surface area (Å²) in [5.74, 6) is 0.277. The van der Waals surface area contributed by atoms with Crippen molar-refractivity contribution in [2.45, 2.75) is 38.0 Å². The lowest BCUT2D eigenvalue weighted by Gasteiger charge is -2.43. The lowest BCUT2D eigenvalue weighted by Crippen LogP contribution is -2.43. The summed E-state index contributed by atoms with van der Waals surface area (Å²) in [6.45, 7) is 1.95. The molecule has 1 aromatic carbocycles. The minimum Gasteiger partial charge on any atom is -0.368 e. The van der Waals surface area contributed by atoms with Gasteiger partial charge in [-0.15, -0.1) is 0 Å². The molecule has 0 atom stereocenters. The molecule has 30 heavy (non-hydrogen) atoms. The maximum atomic E-state index is 8.59. The van der Waals surface area contributed by atoms with Gasteiger partial charge in [0.1, 0.15) is 0 Å². The first-order valence-corrected chi connectivity index (χ1v) is 10.2. The lowest BCUT2D eigenvalue weighted by atomic mass is 9.60. The zero-order valence-electron chi connectivity index (χ0n) is 17.4. The number of benzene rings is 1. The SMILES string of the molecule is CN=C(CC(=N)c1ccc(C)nc1)C1(c2ccc(-c3cnc(N)nc3)cc2)CCC1. The molecule has 1 aliphatic carbocycles. The molecule has 2 aromatic heterocycles. The summed E-state index contributed by atoms with van der Waals surface area (Å²) >= 11 is 0. The van der Waals surface area contributed by atoms with Gasteiger partial charge in [-0.25, -0.2) is 9.97 Å². The van der Waals surface area contributed by atoms with Gasteiger partial charge in [0.25, 0.3) is 0 Å². The van der Waals surface area contributed by atoms with Crippen LogP contribution in [-0.2, 0) is 5.41 Å². The second-order valence-corrected chi connectivity index (χ2v) is 7.86. The van der Waals surface area contributed by atoms with Crippen molar-refractivity contribution in [3.05, 3.63) is 71.8 Å². The van der Waals surface area contributed by atoms with Gasteiger partial charge in [-0.1, -0.05) is 30.7 Å². The Labute approximate surface area is 176 Å². The minimum atomic E-state index is -0.0880. The quantitative estimate of drug-likeness (QED) is 0.602. The second-order valence-electron chi connectivity index (χ2n) is 7.86. The molecule has 0 radical (unpaired) electrons. The Morgan fingerprint density at radius 3 is 2.23 bits per heavy atom. The van der Waals surface area contributed by atoms with Crippen molar-refractivity contribution in [3.8, 4) is 11.1 Å². The summed E-state index contributed by atoms with van der Waals surface area (Å²) in [5.41, 5.74) is 12.2. The highest BCUT2D eigenvalue weighted by atomic mass is 15.0. The Morgan fingerprint density at radius 1 is 1.00 bits per heavy atom. The van der Waals surface area contributed by atoms with E-state index in [1.165, 1.54) is 12.0 Å². The molecular formula is C24H26N6. The van der Waals surface area contributed by atoms with E-state index in [0.717, 1.165) is 40.9 Å². The average Bonchev–Trinajstić information content (AvgIpc) is 2.73. The van der Waals surface area contributed by atoms with Crippen LogP contribution >= 0.6 is 0 Å². The first-order valence-electron chi connectivity index (χ1n) is 10.2. The maximum Gasteiger partial charge on any atom is 0.219 e. The summed E-state index contributed by atoms with van der Waals surface area (Å²) < 4.78 is 0. The predicted octanol–water partition coefficient (Wildman–Crippen LogP) is 4.38. The smallest absolute Gasteiger partial charge is 0.219 e. The molecule has 1 saturated carbocycles. The van der Waals surface area contributed by atoms with E-state index in [4.69, 9.17) is 11.1 Å². The van der Waals surface area contributed by atoms with Crippen LogP contribution in [0.3, 0.4) is 0 Å². The molecule has 3 N–H and O–H groups in total. The van der Waals surface area contributed by atoms with E-state index in [9.17, 15) is 0 Å². The fraction of sp³-hybridized carbons (Fsp3) is 0.292. The highest BCUT2D eigenvalue weighted by Gasteiger charge is 2.43. The van der Waals surface area contributed by atoms with Crippen LogP contribution < -0.4 is 5.73 Å². The lowest BCUT2D eigenvalue weighted by molar-refractivity contribution is 0.338. The van der Waals surface area contributed by atoms with Gasteiger partial charge in [-0.2, -0.15) is 0 Å². The van der Waals surface area contributed by atoms with Crippen LogP contribution in [0.2, 0.25) is 0 Å². The molecule has 0 bridgehead atoms. The monoisotopic (exact) mass is 398 g/mol. The summed E-state index contributed by atoms with van der Waals surface area (Å²) in [5, 5.41) is 8.59. The van der Waals surface area contributed by atoms with Crippen molar-refractivity contribution in [2.75, 3.05) is 12.8 Å². The number of nitrogens with one attached hydrogen (secondary N) is 1. The molecule has 3 aromatic rings. The van der Waals surface area contributed by atoms with E-state index in [0.29, 0.717) is 12.1 Å². The molecule has 0 aliphatic heterocycles. The number of hydrogen-bond donors (Lipinski definition) is 2. The van der Waals surface area contributed by atoms with Gasteiger partial charge in [0.05, 0.1) is 0 Å². The van der Waals surface area contributed by atoms with E-state index in [-0.39, 0.29) is 11.4 Å². The number of nitrogens with two attached hydrogens (primary N) is 1. The Morgan fingerprint density at radius 2 is 1.70 bits per heavy atom. The minimum absolute atomic E-state index is 0.0880. The number of aryl methyl sites for hydroxylation is 1. The number of nitrogen functional groups attached to an aromatic ring is 1. The molecule has 152 valence electrons.